The average molecular weight is 438 g/mol. The van der Waals surface area contributed by atoms with E-state index in [0.29, 0.717) is 43.2 Å². The van der Waals surface area contributed by atoms with Crippen LogP contribution in [0.5, 0.6) is 0 Å². The van der Waals surface area contributed by atoms with Crippen molar-refractivity contribution in [2.24, 2.45) is 4.40 Å². The van der Waals surface area contributed by atoms with Crippen LogP contribution in [-0.4, -0.2) is 56.1 Å². The van der Waals surface area contributed by atoms with Crippen LogP contribution in [0.2, 0.25) is 0 Å². The zero-order chi connectivity index (χ0) is 22.0. The molecule has 2 aliphatic heterocycles. The summed E-state index contributed by atoms with van der Waals surface area (Å²) in [5.41, 5.74) is 2.33. The van der Waals surface area contributed by atoms with E-state index in [-0.39, 0.29) is 16.7 Å². The van der Waals surface area contributed by atoms with E-state index in [1.807, 2.05) is 72.2 Å². The second-order valence-electron chi connectivity index (χ2n) is 8.01. The first kappa shape index (κ1) is 21.3. The number of carbonyl (C=O) groups excluding carboxylic acids is 1. The Kier molecular flexibility index (Phi) is 5.96. The molecule has 7 heteroatoms. The normalized spacial score (nSPS) is 19.7. The van der Waals surface area contributed by atoms with Gasteiger partial charge in [-0.25, -0.2) is 0 Å². The lowest BCUT2D eigenvalue weighted by molar-refractivity contribution is -0.132. The van der Waals surface area contributed by atoms with E-state index in [4.69, 9.17) is 0 Å². The summed E-state index contributed by atoms with van der Waals surface area (Å²) < 4.78 is 29.7. The minimum absolute atomic E-state index is 0.103. The lowest BCUT2D eigenvalue weighted by Crippen LogP contribution is -2.39. The highest BCUT2D eigenvalue weighted by Gasteiger charge is 2.34. The molecule has 0 unspecified atom stereocenters. The Morgan fingerprint density at radius 3 is 2.26 bits per heavy atom. The minimum atomic E-state index is -3.73. The van der Waals surface area contributed by atoms with Gasteiger partial charge >= 0.3 is 0 Å². The van der Waals surface area contributed by atoms with Gasteiger partial charge in [0.2, 0.25) is 5.91 Å². The molecule has 0 spiro atoms. The number of amides is 1. The van der Waals surface area contributed by atoms with Crippen LogP contribution >= 0.6 is 0 Å². The van der Waals surface area contributed by atoms with Crippen molar-refractivity contribution in [2.75, 3.05) is 26.2 Å². The van der Waals surface area contributed by atoms with Crippen molar-refractivity contribution in [2.45, 2.75) is 26.2 Å². The molecule has 0 N–H and O–H groups in total. The third-order valence-corrected chi connectivity index (χ3v) is 7.42. The van der Waals surface area contributed by atoms with E-state index in [9.17, 15) is 13.2 Å². The van der Waals surface area contributed by atoms with E-state index in [2.05, 4.69) is 4.40 Å². The number of sulfonamides is 1. The molecule has 2 aromatic carbocycles. The van der Waals surface area contributed by atoms with E-state index in [1.165, 1.54) is 0 Å². The van der Waals surface area contributed by atoms with Crippen LogP contribution < -0.4 is 0 Å². The van der Waals surface area contributed by atoms with Gasteiger partial charge in [0.1, 0.15) is 10.7 Å². The zero-order valence-electron chi connectivity index (χ0n) is 17.9. The highest BCUT2D eigenvalue weighted by Crippen LogP contribution is 2.33. The fourth-order valence-electron chi connectivity index (χ4n) is 4.28. The van der Waals surface area contributed by atoms with Crippen LogP contribution in [-0.2, 0) is 14.8 Å². The first-order valence-corrected chi connectivity index (χ1v) is 12.0. The summed E-state index contributed by atoms with van der Waals surface area (Å²) in [5, 5.41) is 0. The SMILES string of the molecule is CC1=C(c2ccccc2)S(=O)(=O)N=C1N1CCCN(C(=O)[C@H](C)c2ccccc2)CC1. The van der Waals surface area contributed by atoms with E-state index >= 15 is 0 Å². The van der Waals surface area contributed by atoms with Gasteiger partial charge in [-0.3, -0.25) is 4.79 Å². The molecule has 0 aromatic heterocycles. The van der Waals surface area contributed by atoms with Gasteiger partial charge in [0, 0.05) is 31.8 Å². The first-order chi connectivity index (χ1) is 14.9. The average Bonchev–Trinajstić information content (AvgIpc) is 2.93. The van der Waals surface area contributed by atoms with Crippen LogP contribution in [0, 0.1) is 0 Å². The maximum absolute atomic E-state index is 13.1. The number of benzene rings is 2. The van der Waals surface area contributed by atoms with Crippen molar-refractivity contribution in [1.29, 1.82) is 0 Å². The maximum atomic E-state index is 13.1. The standard InChI is InChI=1S/C24H27N3O3S/c1-18(20-10-5-3-6-11-20)24(28)27-15-9-14-26(16-17-27)23-19(2)22(31(29,30)25-23)21-12-7-4-8-13-21/h3-8,10-13,18H,9,14-17H2,1-2H3/t18-/m1/s1. The molecule has 1 amide bonds. The molecule has 4 rings (SSSR count). The molecule has 0 aliphatic carbocycles. The van der Waals surface area contributed by atoms with Gasteiger partial charge in [0.15, 0.2) is 0 Å². The Morgan fingerprint density at radius 2 is 1.58 bits per heavy atom. The van der Waals surface area contributed by atoms with Gasteiger partial charge in [-0.2, -0.15) is 8.42 Å². The Morgan fingerprint density at radius 1 is 0.935 bits per heavy atom. The molecule has 0 bridgehead atoms. The number of hydrogen-bond donors (Lipinski definition) is 0. The number of carbonyl (C=O) groups is 1. The Hall–Kier alpha value is -2.93. The quantitative estimate of drug-likeness (QED) is 0.737. The number of hydrogen-bond acceptors (Lipinski definition) is 4. The van der Waals surface area contributed by atoms with E-state index in [1.54, 1.807) is 12.1 Å². The van der Waals surface area contributed by atoms with Gasteiger partial charge in [-0.05, 0) is 31.4 Å². The number of nitrogens with zero attached hydrogens (tertiary/aromatic N) is 3. The molecule has 0 saturated carbocycles. The van der Waals surface area contributed by atoms with E-state index in [0.717, 1.165) is 12.0 Å². The van der Waals surface area contributed by atoms with Crippen LogP contribution in [0.15, 0.2) is 70.6 Å². The van der Waals surface area contributed by atoms with Crippen molar-refractivity contribution in [3.8, 4) is 0 Å². The zero-order valence-corrected chi connectivity index (χ0v) is 18.7. The lowest BCUT2D eigenvalue weighted by atomic mass is 10.00. The van der Waals surface area contributed by atoms with Crippen LogP contribution in [0.3, 0.4) is 0 Å². The molecule has 2 aliphatic rings. The van der Waals surface area contributed by atoms with Gasteiger partial charge in [0.05, 0.1) is 5.92 Å². The molecule has 1 atom stereocenters. The van der Waals surface area contributed by atoms with Gasteiger partial charge in [-0.15, -0.1) is 4.40 Å². The maximum Gasteiger partial charge on any atom is 0.285 e. The van der Waals surface area contributed by atoms with Gasteiger partial charge in [-0.1, -0.05) is 60.7 Å². The van der Waals surface area contributed by atoms with Crippen molar-refractivity contribution in [3.63, 3.8) is 0 Å². The minimum Gasteiger partial charge on any atom is -0.354 e. The summed E-state index contributed by atoms with van der Waals surface area (Å²) in [4.78, 5) is 17.2. The summed E-state index contributed by atoms with van der Waals surface area (Å²) >= 11 is 0. The smallest absolute Gasteiger partial charge is 0.285 e. The summed E-state index contributed by atoms with van der Waals surface area (Å²) in [5.74, 6) is 0.402. The highest BCUT2D eigenvalue weighted by atomic mass is 32.2. The predicted molar refractivity (Wildman–Crippen MR) is 123 cm³/mol. The largest absolute Gasteiger partial charge is 0.354 e. The van der Waals surface area contributed by atoms with Gasteiger partial charge in [0.25, 0.3) is 10.0 Å². The van der Waals surface area contributed by atoms with Crippen molar-refractivity contribution < 1.29 is 13.2 Å². The van der Waals surface area contributed by atoms with E-state index < -0.39 is 10.0 Å². The molecular weight excluding hydrogens is 410 g/mol. The fraction of sp³-hybridized carbons (Fsp3) is 0.333. The third kappa shape index (κ3) is 4.28. The van der Waals surface area contributed by atoms with Gasteiger partial charge < -0.3 is 9.80 Å². The molecule has 31 heavy (non-hydrogen) atoms. The first-order valence-electron chi connectivity index (χ1n) is 10.6. The number of amidine groups is 1. The molecule has 2 aromatic rings. The predicted octanol–water partition coefficient (Wildman–Crippen LogP) is 3.50. The lowest BCUT2D eigenvalue weighted by Gasteiger charge is -2.25. The Labute approximate surface area is 184 Å². The second kappa shape index (κ2) is 8.67. The molecule has 2 heterocycles. The Balaban J connectivity index is 1.51. The second-order valence-corrected chi connectivity index (χ2v) is 9.55. The number of rotatable bonds is 3. The topological polar surface area (TPSA) is 70.1 Å². The van der Waals surface area contributed by atoms with Crippen LogP contribution in [0.25, 0.3) is 4.91 Å². The fourth-order valence-corrected chi connectivity index (χ4v) is 5.76. The van der Waals surface area contributed by atoms with Crippen molar-refractivity contribution in [1.82, 2.24) is 9.80 Å². The monoisotopic (exact) mass is 437 g/mol. The van der Waals surface area contributed by atoms with Crippen molar-refractivity contribution >= 4 is 26.7 Å². The molecule has 1 fully saturated rings. The summed E-state index contributed by atoms with van der Waals surface area (Å²) in [6.45, 7) is 6.17. The summed E-state index contributed by atoms with van der Waals surface area (Å²) in [6.07, 6.45) is 0.764. The third-order valence-electron chi connectivity index (χ3n) is 5.95. The van der Waals surface area contributed by atoms with Crippen LogP contribution in [0.4, 0.5) is 0 Å². The molecular formula is C24H27N3O3S. The molecule has 1 saturated heterocycles. The summed E-state index contributed by atoms with van der Waals surface area (Å²) in [6, 6.07) is 18.9. The summed E-state index contributed by atoms with van der Waals surface area (Å²) in [7, 11) is -3.73. The highest BCUT2D eigenvalue weighted by molar-refractivity contribution is 8.00. The van der Waals surface area contributed by atoms with Crippen molar-refractivity contribution in [3.05, 3.63) is 77.4 Å². The molecule has 6 nitrogen and oxygen atoms in total. The Bertz CT molecular complexity index is 1130. The molecule has 162 valence electrons. The molecule has 0 radical (unpaired) electrons. The van der Waals surface area contributed by atoms with Crippen LogP contribution in [0.1, 0.15) is 37.3 Å².